The largest absolute Gasteiger partial charge is 0.497 e. The fraction of sp³-hybridized carbons (Fsp3) is 0.118. The zero-order valence-corrected chi connectivity index (χ0v) is 14.7. The molecule has 0 bridgehead atoms. The first-order valence-electron chi connectivity index (χ1n) is 7.21. The van der Waals surface area contributed by atoms with Crippen molar-refractivity contribution in [1.29, 1.82) is 0 Å². The third kappa shape index (κ3) is 3.46. The predicted octanol–water partition coefficient (Wildman–Crippen LogP) is 4.35. The van der Waals surface area contributed by atoms with Gasteiger partial charge in [0.05, 0.1) is 7.11 Å². The highest BCUT2D eigenvalue weighted by Gasteiger charge is 2.09. The van der Waals surface area contributed by atoms with Crippen LogP contribution in [0.1, 0.15) is 5.56 Å². The number of methoxy groups -OCH3 is 1. The van der Waals surface area contributed by atoms with Crippen molar-refractivity contribution in [3.05, 3.63) is 52.8 Å². The number of aromatic nitrogens is 2. The number of carbonyl (C=O) groups is 1. The van der Waals surface area contributed by atoms with Gasteiger partial charge < -0.3 is 10.1 Å². The molecule has 0 radical (unpaired) electrons. The monoisotopic (exact) mass is 386 g/mol. The Morgan fingerprint density at radius 1 is 1.21 bits per heavy atom. The summed E-state index contributed by atoms with van der Waals surface area (Å²) in [6.07, 6.45) is 1.70. The van der Waals surface area contributed by atoms with Crippen molar-refractivity contribution in [1.82, 2.24) is 9.97 Å². The van der Waals surface area contributed by atoms with E-state index in [9.17, 15) is 4.79 Å². The van der Waals surface area contributed by atoms with E-state index in [1.165, 1.54) is 0 Å². The van der Waals surface area contributed by atoms with Gasteiger partial charge in [-0.3, -0.25) is 10.3 Å². The quantitative estimate of drug-likeness (QED) is 0.655. The van der Waals surface area contributed by atoms with E-state index in [0.29, 0.717) is 16.1 Å². The molecule has 2 heterocycles. The van der Waals surface area contributed by atoms with E-state index in [-0.39, 0.29) is 6.03 Å². The molecular weight excluding hydrogens is 372 g/mol. The Balaban J connectivity index is 1.78. The molecule has 0 saturated heterocycles. The number of urea groups is 1. The fourth-order valence-corrected chi connectivity index (χ4v) is 2.80. The van der Waals surface area contributed by atoms with Gasteiger partial charge in [0, 0.05) is 17.3 Å². The van der Waals surface area contributed by atoms with E-state index in [2.05, 4.69) is 36.5 Å². The van der Waals surface area contributed by atoms with Crippen LogP contribution in [0, 0.1) is 6.92 Å². The Morgan fingerprint density at radius 3 is 2.79 bits per heavy atom. The van der Waals surface area contributed by atoms with Gasteiger partial charge in [-0.05, 0) is 58.7 Å². The summed E-state index contributed by atoms with van der Waals surface area (Å²) in [6.45, 7) is 1.90. The van der Waals surface area contributed by atoms with Crippen LogP contribution in [0.15, 0.2) is 47.2 Å². The molecule has 3 aromatic rings. The predicted molar refractivity (Wildman–Crippen MR) is 97.6 cm³/mol. The van der Waals surface area contributed by atoms with Crippen molar-refractivity contribution in [2.75, 3.05) is 17.7 Å². The lowest BCUT2D eigenvalue weighted by Gasteiger charge is -2.11. The number of aryl methyl sites for hydroxylation is 1. The number of anilines is 2. The van der Waals surface area contributed by atoms with Crippen LogP contribution >= 0.6 is 15.9 Å². The molecular formula is C17H15BrN4O2. The molecule has 0 fully saturated rings. The van der Waals surface area contributed by atoms with Crippen LogP contribution in [0.4, 0.5) is 16.3 Å². The molecule has 0 saturated carbocycles. The molecule has 24 heavy (non-hydrogen) atoms. The molecule has 6 nitrogen and oxygen atoms in total. The lowest BCUT2D eigenvalue weighted by molar-refractivity contribution is 0.262. The third-order valence-corrected chi connectivity index (χ3v) is 4.02. The molecule has 2 amide bonds. The number of pyridine rings is 2. The van der Waals surface area contributed by atoms with Crippen molar-refractivity contribution >= 4 is 44.4 Å². The van der Waals surface area contributed by atoms with Gasteiger partial charge in [-0.25, -0.2) is 9.78 Å². The summed E-state index contributed by atoms with van der Waals surface area (Å²) in [5, 5.41) is 6.41. The maximum atomic E-state index is 12.2. The van der Waals surface area contributed by atoms with Crippen LogP contribution in [-0.4, -0.2) is 23.1 Å². The zero-order valence-electron chi connectivity index (χ0n) is 13.1. The van der Waals surface area contributed by atoms with Crippen molar-refractivity contribution in [2.24, 2.45) is 0 Å². The number of fused-ring (bicyclic) bond motifs is 1. The SMILES string of the molecule is COc1ccc(NC(=O)Nc2cc3cccnc3c(Br)n2)c(C)c1. The van der Waals surface area contributed by atoms with Gasteiger partial charge in [0.25, 0.3) is 0 Å². The summed E-state index contributed by atoms with van der Waals surface area (Å²) < 4.78 is 5.74. The standard InChI is InChI=1S/C17H15BrN4O2/c1-10-8-12(24-2)5-6-13(10)20-17(23)22-14-9-11-4-3-7-19-15(11)16(18)21-14/h3-9H,1-2H3,(H2,20,21,22,23). The van der Waals surface area contributed by atoms with E-state index >= 15 is 0 Å². The Bertz CT molecular complexity index is 914. The van der Waals surface area contributed by atoms with Crippen LogP contribution in [0.2, 0.25) is 0 Å². The minimum atomic E-state index is -0.370. The number of benzene rings is 1. The van der Waals surface area contributed by atoms with Crippen molar-refractivity contribution < 1.29 is 9.53 Å². The second-order valence-corrected chi connectivity index (χ2v) is 5.88. The van der Waals surface area contributed by atoms with Gasteiger partial charge in [0.1, 0.15) is 21.7 Å². The van der Waals surface area contributed by atoms with E-state index in [1.807, 2.05) is 25.1 Å². The van der Waals surface area contributed by atoms with Crippen LogP contribution < -0.4 is 15.4 Å². The van der Waals surface area contributed by atoms with Crippen LogP contribution in [-0.2, 0) is 0 Å². The number of carbonyl (C=O) groups excluding carboxylic acids is 1. The van der Waals surface area contributed by atoms with Crippen molar-refractivity contribution in [3.63, 3.8) is 0 Å². The number of hydrogen-bond donors (Lipinski definition) is 2. The Hall–Kier alpha value is -2.67. The fourth-order valence-electron chi connectivity index (χ4n) is 2.28. The molecule has 0 atom stereocenters. The number of nitrogens with zero attached hydrogens (tertiary/aromatic N) is 2. The van der Waals surface area contributed by atoms with Gasteiger partial charge in [0.15, 0.2) is 0 Å². The summed E-state index contributed by atoms with van der Waals surface area (Å²) in [5.41, 5.74) is 2.35. The number of halogens is 1. The molecule has 2 N–H and O–H groups in total. The zero-order chi connectivity index (χ0) is 17.1. The van der Waals surface area contributed by atoms with E-state index in [1.54, 1.807) is 31.5 Å². The van der Waals surface area contributed by atoms with Crippen LogP contribution in [0.5, 0.6) is 5.75 Å². The Kier molecular flexibility index (Phi) is 4.61. The highest BCUT2D eigenvalue weighted by molar-refractivity contribution is 9.10. The number of ether oxygens (including phenoxy) is 1. The molecule has 0 aliphatic heterocycles. The van der Waals surface area contributed by atoms with Crippen LogP contribution in [0.25, 0.3) is 10.9 Å². The van der Waals surface area contributed by atoms with Gasteiger partial charge >= 0.3 is 6.03 Å². The Morgan fingerprint density at radius 2 is 2.04 bits per heavy atom. The first kappa shape index (κ1) is 16.2. The maximum absolute atomic E-state index is 12.2. The summed E-state index contributed by atoms with van der Waals surface area (Å²) in [7, 11) is 1.60. The molecule has 3 rings (SSSR count). The maximum Gasteiger partial charge on any atom is 0.324 e. The van der Waals surface area contributed by atoms with Crippen molar-refractivity contribution in [3.8, 4) is 5.75 Å². The lowest BCUT2D eigenvalue weighted by atomic mass is 10.2. The number of rotatable bonds is 3. The second-order valence-electron chi connectivity index (χ2n) is 5.13. The molecule has 0 aliphatic carbocycles. The van der Waals surface area contributed by atoms with Gasteiger partial charge in [-0.2, -0.15) is 0 Å². The first-order chi connectivity index (χ1) is 11.6. The highest BCUT2D eigenvalue weighted by atomic mass is 79.9. The summed E-state index contributed by atoms with van der Waals surface area (Å²) in [5.74, 6) is 1.18. The third-order valence-electron chi connectivity index (χ3n) is 3.47. The minimum absolute atomic E-state index is 0.370. The minimum Gasteiger partial charge on any atom is -0.497 e. The number of amides is 2. The highest BCUT2D eigenvalue weighted by Crippen LogP contribution is 2.24. The number of hydrogen-bond acceptors (Lipinski definition) is 4. The number of nitrogens with one attached hydrogen (secondary N) is 2. The first-order valence-corrected chi connectivity index (χ1v) is 8.00. The smallest absolute Gasteiger partial charge is 0.324 e. The van der Waals surface area contributed by atoms with Crippen LogP contribution in [0.3, 0.4) is 0 Å². The van der Waals surface area contributed by atoms with Gasteiger partial charge in [-0.1, -0.05) is 6.07 Å². The van der Waals surface area contributed by atoms with Gasteiger partial charge in [0.2, 0.25) is 0 Å². The average Bonchev–Trinajstić information content (AvgIpc) is 2.56. The van der Waals surface area contributed by atoms with Gasteiger partial charge in [-0.15, -0.1) is 0 Å². The normalized spacial score (nSPS) is 10.5. The Labute approximate surface area is 147 Å². The topological polar surface area (TPSA) is 76.1 Å². The molecule has 1 aromatic carbocycles. The molecule has 0 unspecified atom stereocenters. The average molecular weight is 387 g/mol. The summed E-state index contributed by atoms with van der Waals surface area (Å²) >= 11 is 3.37. The lowest BCUT2D eigenvalue weighted by Crippen LogP contribution is -2.20. The molecule has 7 heteroatoms. The summed E-state index contributed by atoms with van der Waals surface area (Å²) in [6, 6.07) is 10.6. The molecule has 0 aliphatic rings. The van der Waals surface area contributed by atoms with E-state index in [4.69, 9.17) is 4.74 Å². The van der Waals surface area contributed by atoms with E-state index in [0.717, 1.165) is 22.2 Å². The molecule has 0 spiro atoms. The van der Waals surface area contributed by atoms with E-state index < -0.39 is 0 Å². The molecule has 2 aromatic heterocycles. The second kappa shape index (κ2) is 6.84. The van der Waals surface area contributed by atoms with Crippen molar-refractivity contribution in [2.45, 2.75) is 6.92 Å². The summed E-state index contributed by atoms with van der Waals surface area (Å²) in [4.78, 5) is 20.8. The molecule has 122 valence electrons.